The monoisotopic (exact) mass is 337 g/mol. The van der Waals surface area contributed by atoms with Crippen molar-refractivity contribution >= 4 is 22.0 Å². The molecule has 0 amide bonds. The molecule has 2 heterocycles. The summed E-state index contributed by atoms with van der Waals surface area (Å²) in [6.45, 7) is -0.833. The molecule has 0 unspecified atom stereocenters. The molecule has 1 aromatic carbocycles. The van der Waals surface area contributed by atoms with Gasteiger partial charge in [0.25, 0.3) is 5.56 Å². The Morgan fingerprint density at radius 1 is 1.39 bits per heavy atom. The molecule has 0 radical (unpaired) electrons. The minimum Gasteiger partial charge on any atom is -0.433 e. The molecule has 0 spiro atoms. The molecule has 8 heteroatoms. The molecule has 0 aliphatic heterocycles. The van der Waals surface area contributed by atoms with Gasteiger partial charge in [-0.3, -0.25) is 9.20 Å². The van der Waals surface area contributed by atoms with Gasteiger partial charge in [-0.15, -0.1) is 11.3 Å². The van der Waals surface area contributed by atoms with E-state index in [4.69, 9.17) is 0 Å². The number of thiazole rings is 1. The molecular weight excluding hydrogens is 324 g/mol. The predicted octanol–water partition coefficient (Wildman–Crippen LogP) is 3.28. The van der Waals surface area contributed by atoms with Crippen molar-refractivity contribution in [3.63, 3.8) is 0 Å². The van der Waals surface area contributed by atoms with Gasteiger partial charge in [0.2, 0.25) is 0 Å². The summed E-state index contributed by atoms with van der Waals surface area (Å²) in [7, 11) is 0. The lowest BCUT2D eigenvalue weighted by molar-refractivity contribution is -0.0493. The summed E-state index contributed by atoms with van der Waals surface area (Å²) in [5.74, 6) is 0.0484. The SMILES string of the molecule is Cc1csc2nc(CNc3ccccc3OC(F)F)cc(=O)n12. The van der Waals surface area contributed by atoms with Crippen LogP contribution >= 0.6 is 11.3 Å². The predicted molar refractivity (Wildman–Crippen MR) is 84.5 cm³/mol. The molecule has 2 aromatic heterocycles. The minimum atomic E-state index is -2.90. The van der Waals surface area contributed by atoms with E-state index in [0.29, 0.717) is 16.3 Å². The summed E-state index contributed by atoms with van der Waals surface area (Å²) in [6, 6.07) is 7.81. The number of aryl methyl sites for hydroxylation is 1. The fraction of sp³-hybridized carbons (Fsp3) is 0.200. The first-order chi connectivity index (χ1) is 11.0. The zero-order valence-electron chi connectivity index (χ0n) is 12.1. The van der Waals surface area contributed by atoms with Gasteiger partial charge in [0.15, 0.2) is 4.96 Å². The second-order valence-electron chi connectivity index (χ2n) is 4.81. The van der Waals surface area contributed by atoms with E-state index in [2.05, 4.69) is 15.0 Å². The summed E-state index contributed by atoms with van der Waals surface area (Å²) < 4.78 is 30.8. The number of alkyl halides is 2. The van der Waals surface area contributed by atoms with E-state index in [1.54, 1.807) is 18.2 Å². The van der Waals surface area contributed by atoms with E-state index in [0.717, 1.165) is 5.69 Å². The third-order valence-electron chi connectivity index (χ3n) is 3.19. The number of hydrogen-bond acceptors (Lipinski definition) is 5. The van der Waals surface area contributed by atoms with Crippen molar-refractivity contribution in [2.75, 3.05) is 5.32 Å². The van der Waals surface area contributed by atoms with Crippen LogP contribution in [0.3, 0.4) is 0 Å². The number of nitrogens with zero attached hydrogens (tertiary/aromatic N) is 2. The first kappa shape index (κ1) is 15.4. The maximum absolute atomic E-state index is 12.4. The van der Waals surface area contributed by atoms with E-state index >= 15 is 0 Å². The molecule has 0 saturated carbocycles. The molecule has 0 fully saturated rings. The maximum Gasteiger partial charge on any atom is 0.387 e. The number of ether oxygens (including phenoxy) is 1. The summed E-state index contributed by atoms with van der Waals surface area (Å²) in [4.78, 5) is 17.1. The molecule has 3 rings (SSSR count). The summed E-state index contributed by atoms with van der Waals surface area (Å²) >= 11 is 1.38. The minimum absolute atomic E-state index is 0.0484. The third-order valence-corrected chi connectivity index (χ3v) is 4.14. The maximum atomic E-state index is 12.4. The molecule has 0 aliphatic rings. The van der Waals surface area contributed by atoms with Crippen molar-refractivity contribution in [3.8, 4) is 5.75 Å². The van der Waals surface area contributed by atoms with Crippen LogP contribution in [0.5, 0.6) is 5.75 Å². The highest BCUT2D eigenvalue weighted by atomic mass is 32.1. The number of hydrogen-bond donors (Lipinski definition) is 1. The zero-order chi connectivity index (χ0) is 16.4. The van der Waals surface area contributed by atoms with Gasteiger partial charge in [-0.2, -0.15) is 8.78 Å². The van der Waals surface area contributed by atoms with Crippen LogP contribution in [0.2, 0.25) is 0 Å². The Hall–Kier alpha value is -2.48. The Balaban J connectivity index is 1.83. The first-order valence-electron chi connectivity index (χ1n) is 6.79. The lowest BCUT2D eigenvalue weighted by Gasteiger charge is -2.12. The van der Waals surface area contributed by atoms with Gasteiger partial charge >= 0.3 is 6.61 Å². The summed E-state index contributed by atoms with van der Waals surface area (Å²) in [6.07, 6.45) is 0. The van der Waals surface area contributed by atoms with Gasteiger partial charge in [-0.1, -0.05) is 12.1 Å². The summed E-state index contributed by atoms with van der Waals surface area (Å²) in [5.41, 5.74) is 1.61. The standard InChI is InChI=1S/C15H13F2N3O2S/c1-9-8-23-15-19-10(6-13(21)20(9)15)7-18-11-4-2-3-5-12(11)22-14(16)17/h2-6,8,14,18H,7H2,1H3. The lowest BCUT2D eigenvalue weighted by atomic mass is 10.3. The number of benzene rings is 1. The molecule has 1 N–H and O–H groups in total. The van der Waals surface area contributed by atoms with Gasteiger partial charge in [-0.25, -0.2) is 4.98 Å². The molecular formula is C15H13F2N3O2S. The molecule has 120 valence electrons. The van der Waals surface area contributed by atoms with Gasteiger partial charge < -0.3 is 10.1 Å². The van der Waals surface area contributed by atoms with Crippen molar-refractivity contribution in [2.24, 2.45) is 0 Å². The van der Waals surface area contributed by atoms with Crippen LogP contribution in [0.4, 0.5) is 14.5 Å². The van der Waals surface area contributed by atoms with Crippen molar-refractivity contribution in [2.45, 2.75) is 20.1 Å². The van der Waals surface area contributed by atoms with Crippen LogP contribution in [-0.4, -0.2) is 16.0 Å². The Morgan fingerprint density at radius 3 is 2.96 bits per heavy atom. The lowest BCUT2D eigenvalue weighted by Crippen LogP contribution is -2.16. The average molecular weight is 337 g/mol. The second-order valence-corrected chi connectivity index (χ2v) is 5.65. The van der Waals surface area contributed by atoms with E-state index in [-0.39, 0.29) is 17.9 Å². The van der Waals surface area contributed by atoms with Crippen LogP contribution in [0.1, 0.15) is 11.4 Å². The second kappa shape index (κ2) is 6.33. The van der Waals surface area contributed by atoms with Crippen LogP contribution in [0.25, 0.3) is 4.96 Å². The van der Waals surface area contributed by atoms with Crippen LogP contribution in [0.15, 0.2) is 40.5 Å². The van der Waals surface area contributed by atoms with Gasteiger partial charge in [-0.05, 0) is 19.1 Å². The van der Waals surface area contributed by atoms with E-state index in [9.17, 15) is 13.6 Å². The summed E-state index contributed by atoms with van der Waals surface area (Å²) in [5, 5.41) is 4.82. The smallest absolute Gasteiger partial charge is 0.387 e. The highest BCUT2D eigenvalue weighted by Gasteiger charge is 2.10. The highest BCUT2D eigenvalue weighted by molar-refractivity contribution is 7.15. The fourth-order valence-corrected chi connectivity index (χ4v) is 3.08. The number of halogens is 2. The van der Waals surface area contributed by atoms with Crippen LogP contribution < -0.4 is 15.6 Å². The Labute approximate surface area is 134 Å². The number of aromatic nitrogens is 2. The molecule has 0 bridgehead atoms. The molecule has 0 saturated heterocycles. The Kier molecular flexibility index (Phi) is 4.24. The normalized spacial score (nSPS) is 11.1. The third kappa shape index (κ3) is 3.31. The topological polar surface area (TPSA) is 55.6 Å². The van der Waals surface area contributed by atoms with Crippen molar-refractivity contribution in [3.05, 3.63) is 57.5 Å². The Morgan fingerprint density at radius 2 is 2.17 bits per heavy atom. The number of nitrogens with one attached hydrogen (secondary N) is 1. The average Bonchev–Trinajstić information content (AvgIpc) is 2.87. The number of anilines is 1. The molecule has 5 nitrogen and oxygen atoms in total. The molecule has 3 aromatic rings. The van der Waals surface area contributed by atoms with Crippen molar-refractivity contribution in [1.29, 1.82) is 0 Å². The van der Waals surface area contributed by atoms with Crippen LogP contribution in [-0.2, 0) is 6.54 Å². The molecule has 0 aliphatic carbocycles. The quantitative estimate of drug-likeness (QED) is 0.776. The van der Waals surface area contributed by atoms with E-state index in [1.165, 1.54) is 27.9 Å². The van der Waals surface area contributed by atoms with E-state index in [1.807, 2.05) is 12.3 Å². The van der Waals surface area contributed by atoms with Gasteiger partial charge in [0.1, 0.15) is 5.75 Å². The molecule has 23 heavy (non-hydrogen) atoms. The van der Waals surface area contributed by atoms with Crippen molar-refractivity contribution in [1.82, 2.24) is 9.38 Å². The van der Waals surface area contributed by atoms with Gasteiger partial charge in [0.05, 0.1) is 17.9 Å². The fourth-order valence-electron chi connectivity index (χ4n) is 2.19. The van der Waals surface area contributed by atoms with Gasteiger partial charge in [0, 0.05) is 17.1 Å². The highest BCUT2D eigenvalue weighted by Crippen LogP contribution is 2.25. The van der Waals surface area contributed by atoms with Crippen LogP contribution in [0, 0.1) is 6.92 Å². The van der Waals surface area contributed by atoms with E-state index < -0.39 is 6.61 Å². The first-order valence-corrected chi connectivity index (χ1v) is 7.67. The number of para-hydroxylation sites is 2. The number of rotatable bonds is 5. The molecule has 0 atom stereocenters. The Bertz CT molecular complexity index is 892. The zero-order valence-corrected chi connectivity index (χ0v) is 12.9. The largest absolute Gasteiger partial charge is 0.433 e. The number of fused-ring (bicyclic) bond motifs is 1. The van der Waals surface area contributed by atoms with Crippen molar-refractivity contribution < 1.29 is 13.5 Å².